The highest BCUT2D eigenvalue weighted by molar-refractivity contribution is 7.10. The van der Waals surface area contributed by atoms with E-state index < -0.39 is 0 Å². The van der Waals surface area contributed by atoms with Crippen LogP contribution in [0.5, 0.6) is 0 Å². The van der Waals surface area contributed by atoms with Gasteiger partial charge in [0.05, 0.1) is 0 Å². The van der Waals surface area contributed by atoms with Crippen LogP contribution in [0.25, 0.3) is 0 Å². The van der Waals surface area contributed by atoms with Crippen LogP contribution in [-0.2, 0) is 11.2 Å². The monoisotopic (exact) mass is 269 g/mol. The van der Waals surface area contributed by atoms with Gasteiger partial charge in [0.2, 0.25) is 5.91 Å². The van der Waals surface area contributed by atoms with Crippen LogP contribution in [0.4, 0.5) is 5.69 Å². The van der Waals surface area contributed by atoms with Gasteiger partial charge in [-0.1, -0.05) is 24.3 Å². The number of benzene rings is 1. The van der Waals surface area contributed by atoms with E-state index in [1.54, 1.807) is 11.3 Å². The molecule has 4 rings (SSSR count). The Bertz CT molecular complexity index is 619. The van der Waals surface area contributed by atoms with Gasteiger partial charge in [-0.3, -0.25) is 4.79 Å². The van der Waals surface area contributed by atoms with E-state index in [1.165, 1.54) is 10.4 Å². The van der Waals surface area contributed by atoms with Crippen molar-refractivity contribution >= 4 is 22.9 Å². The molecule has 1 aliphatic heterocycles. The molecule has 1 amide bonds. The number of para-hydroxylation sites is 1. The topological polar surface area (TPSA) is 20.3 Å². The lowest BCUT2D eigenvalue weighted by Gasteiger charge is -2.17. The molecule has 1 aromatic carbocycles. The smallest absolute Gasteiger partial charge is 0.230 e. The fraction of sp³-hybridized carbons (Fsp3) is 0.312. The zero-order valence-corrected chi connectivity index (χ0v) is 11.4. The second kappa shape index (κ2) is 4.20. The highest BCUT2D eigenvalue weighted by Gasteiger charge is 2.47. The first kappa shape index (κ1) is 11.2. The lowest BCUT2D eigenvalue weighted by atomic mass is 10.2. The van der Waals surface area contributed by atoms with E-state index in [2.05, 4.69) is 35.7 Å². The molecule has 2 atom stereocenters. The molecular formula is C16H15NOS. The number of anilines is 1. The van der Waals surface area contributed by atoms with Crippen molar-refractivity contribution in [1.82, 2.24) is 0 Å². The maximum Gasteiger partial charge on any atom is 0.230 e. The molecule has 2 aliphatic rings. The molecule has 0 bridgehead atoms. The second-order valence-corrected chi connectivity index (χ2v) is 6.31. The molecule has 96 valence electrons. The van der Waals surface area contributed by atoms with Crippen LogP contribution in [0.3, 0.4) is 0 Å². The van der Waals surface area contributed by atoms with Crippen LogP contribution >= 0.6 is 11.3 Å². The van der Waals surface area contributed by atoms with Crippen molar-refractivity contribution in [1.29, 1.82) is 0 Å². The van der Waals surface area contributed by atoms with E-state index in [9.17, 15) is 4.79 Å². The molecule has 1 aromatic heterocycles. The van der Waals surface area contributed by atoms with E-state index >= 15 is 0 Å². The summed E-state index contributed by atoms with van der Waals surface area (Å²) in [6, 6.07) is 12.5. The summed E-state index contributed by atoms with van der Waals surface area (Å²) >= 11 is 1.77. The first-order valence-electron chi connectivity index (χ1n) is 6.77. The molecule has 1 aliphatic carbocycles. The van der Waals surface area contributed by atoms with E-state index in [-0.39, 0.29) is 5.92 Å². The molecule has 2 unspecified atom stereocenters. The molecule has 0 spiro atoms. The maximum absolute atomic E-state index is 12.6. The van der Waals surface area contributed by atoms with Gasteiger partial charge in [0.1, 0.15) is 0 Å². The lowest BCUT2D eigenvalue weighted by molar-refractivity contribution is -0.119. The van der Waals surface area contributed by atoms with Crippen molar-refractivity contribution in [2.75, 3.05) is 11.4 Å². The summed E-state index contributed by atoms with van der Waals surface area (Å²) in [5.74, 6) is 1.01. The summed E-state index contributed by atoms with van der Waals surface area (Å²) in [7, 11) is 0. The van der Waals surface area contributed by atoms with E-state index in [0.29, 0.717) is 11.8 Å². The Balaban J connectivity index is 1.54. The minimum atomic E-state index is 0.213. The predicted molar refractivity (Wildman–Crippen MR) is 77.7 cm³/mol. The highest BCUT2D eigenvalue weighted by Crippen LogP contribution is 2.50. The third-order valence-corrected chi connectivity index (χ3v) is 5.17. The number of carbonyl (C=O) groups is 1. The minimum Gasteiger partial charge on any atom is -0.312 e. The minimum absolute atomic E-state index is 0.213. The average Bonchev–Trinajstić information content (AvgIpc) is 2.90. The highest BCUT2D eigenvalue weighted by atomic mass is 32.1. The number of rotatable bonds is 2. The van der Waals surface area contributed by atoms with Crippen molar-refractivity contribution in [2.45, 2.75) is 18.8 Å². The molecule has 3 heteroatoms. The molecule has 0 saturated heterocycles. The van der Waals surface area contributed by atoms with Crippen LogP contribution in [0, 0.1) is 5.92 Å². The number of hydrogen-bond donors (Lipinski definition) is 0. The Morgan fingerprint density at radius 1 is 1.21 bits per heavy atom. The van der Waals surface area contributed by atoms with E-state index in [0.717, 1.165) is 25.1 Å². The first-order chi connectivity index (χ1) is 9.34. The number of fused-ring (bicyclic) bond motifs is 1. The number of hydrogen-bond acceptors (Lipinski definition) is 2. The molecule has 2 aromatic rings. The van der Waals surface area contributed by atoms with Crippen LogP contribution in [-0.4, -0.2) is 12.5 Å². The van der Waals surface area contributed by atoms with Crippen LogP contribution < -0.4 is 4.90 Å². The van der Waals surface area contributed by atoms with E-state index in [4.69, 9.17) is 0 Å². The van der Waals surface area contributed by atoms with E-state index in [1.807, 2.05) is 11.0 Å². The Morgan fingerprint density at radius 3 is 2.95 bits per heavy atom. The van der Waals surface area contributed by atoms with Gasteiger partial charge in [-0.25, -0.2) is 0 Å². The molecule has 1 saturated carbocycles. The van der Waals surface area contributed by atoms with Crippen molar-refractivity contribution in [2.24, 2.45) is 5.92 Å². The Labute approximate surface area is 116 Å². The number of thiophene rings is 1. The molecule has 1 fully saturated rings. The third kappa shape index (κ3) is 1.80. The number of amides is 1. The zero-order valence-electron chi connectivity index (χ0n) is 10.6. The van der Waals surface area contributed by atoms with Crippen molar-refractivity contribution in [3.05, 3.63) is 52.2 Å². The van der Waals surface area contributed by atoms with Gasteiger partial charge in [-0.05, 0) is 35.9 Å². The summed E-state index contributed by atoms with van der Waals surface area (Å²) in [6.07, 6.45) is 2.02. The van der Waals surface area contributed by atoms with Crippen molar-refractivity contribution in [3.63, 3.8) is 0 Å². The maximum atomic E-state index is 12.6. The van der Waals surface area contributed by atoms with Gasteiger partial charge in [-0.15, -0.1) is 11.3 Å². The summed E-state index contributed by atoms with van der Waals surface area (Å²) in [5, 5.41) is 2.10. The average molecular weight is 269 g/mol. The quantitative estimate of drug-likeness (QED) is 0.818. The normalized spacial score (nSPS) is 24.3. The van der Waals surface area contributed by atoms with Gasteiger partial charge in [0.15, 0.2) is 0 Å². The molecule has 2 nitrogen and oxygen atoms in total. The standard InChI is InChI=1S/C16H15NOS/c18-16(13-10-12(13)15-6-3-9-19-15)17-8-7-11-4-1-2-5-14(11)17/h1-6,9,12-13H,7-8,10H2. The zero-order chi connectivity index (χ0) is 12.8. The van der Waals surface area contributed by atoms with Gasteiger partial charge in [0.25, 0.3) is 0 Å². The summed E-state index contributed by atoms with van der Waals surface area (Å²) in [6.45, 7) is 0.853. The Kier molecular flexibility index (Phi) is 2.49. The Morgan fingerprint density at radius 2 is 2.11 bits per heavy atom. The summed E-state index contributed by atoms with van der Waals surface area (Å²) in [4.78, 5) is 16.0. The fourth-order valence-electron chi connectivity index (χ4n) is 3.05. The molecule has 2 heterocycles. The fourth-order valence-corrected chi connectivity index (χ4v) is 3.96. The number of carbonyl (C=O) groups excluding carboxylic acids is 1. The largest absolute Gasteiger partial charge is 0.312 e. The second-order valence-electron chi connectivity index (χ2n) is 5.33. The van der Waals surface area contributed by atoms with Crippen LogP contribution in [0.2, 0.25) is 0 Å². The van der Waals surface area contributed by atoms with Gasteiger partial charge in [-0.2, -0.15) is 0 Å². The van der Waals surface area contributed by atoms with Gasteiger partial charge >= 0.3 is 0 Å². The Hall–Kier alpha value is -1.61. The summed E-state index contributed by atoms with van der Waals surface area (Å²) < 4.78 is 0. The lowest BCUT2D eigenvalue weighted by Crippen LogP contribution is -2.30. The van der Waals surface area contributed by atoms with Crippen LogP contribution in [0.15, 0.2) is 41.8 Å². The third-order valence-electron chi connectivity index (χ3n) is 4.17. The number of nitrogens with zero attached hydrogens (tertiary/aromatic N) is 1. The molecular weight excluding hydrogens is 254 g/mol. The SMILES string of the molecule is O=C(C1CC1c1cccs1)N1CCc2ccccc21. The van der Waals surface area contributed by atoms with Crippen molar-refractivity contribution < 1.29 is 4.79 Å². The molecule has 0 radical (unpaired) electrons. The predicted octanol–water partition coefficient (Wildman–Crippen LogP) is 3.44. The first-order valence-corrected chi connectivity index (χ1v) is 7.65. The van der Waals surface area contributed by atoms with Gasteiger partial charge < -0.3 is 4.90 Å². The van der Waals surface area contributed by atoms with Crippen LogP contribution in [0.1, 0.15) is 22.8 Å². The molecule has 19 heavy (non-hydrogen) atoms. The van der Waals surface area contributed by atoms with Gasteiger partial charge in [0, 0.05) is 28.9 Å². The molecule has 0 N–H and O–H groups in total. The summed E-state index contributed by atoms with van der Waals surface area (Å²) in [5.41, 5.74) is 2.44. The van der Waals surface area contributed by atoms with Crippen molar-refractivity contribution in [3.8, 4) is 0 Å².